The van der Waals surface area contributed by atoms with Crippen molar-refractivity contribution in [3.63, 3.8) is 0 Å². The van der Waals surface area contributed by atoms with Crippen LogP contribution in [0.3, 0.4) is 0 Å². The second kappa shape index (κ2) is 15.8. The highest BCUT2D eigenvalue weighted by atomic mass is 35.5. The Bertz CT molecular complexity index is 1580. The molecule has 2 heterocycles. The van der Waals surface area contributed by atoms with Crippen LogP contribution in [0.25, 0.3) is 0 Å². The van der Waals surface area contributed by atoms with Gasteiger partial charge in [-0.15, -0.1) is 12.4 Å². The number of nitrogens with two attached hydrogens (primary N) is 1. The predicted molar refractivity (Wildman–Crippen MR) is 170 cm³/mol. The topological polar surface area (TPSA) is 156 Å². The van der Waals surface area contributed by atoms with Gasteiger partial charge in [-0.05, 0) is 55.2 Å². The number of halogens is 3. The molecule has 0 bridgehead atoms. The monoisotopic (exact) mass is 666 g/mol. The van der Waals surface area contributed by atoms with E-state index >= 15 is 0 Å². The molecule has 1 fully saturated rings. The first-order valence-electron chi connectivity index (χ1n) is 14.2. The van der Waals surface area contributed by atoms with Crippen molar-refractivity contribution in [1.29, 1.82) is 0 Å². The molecule has 0 spiro atoms. The Hall–Kier alpha value is -4.01. The Morgan fingerprint density at radius 1 is 1.11 bits per heavy atom. The van der Waals surface area contributed by atoms with Crippen LogP contribution in [0.4, 0.5) is 25.0 Å². The van der Waals surface area contributed by atoms with Crippen LogP contribution < -0.4 is 25.8 Å². The van der Waals surface area contributed by atoms with Gasteiger partial charge in [0, 0.05) is 49.2 Å². The van der Waals surface area contributed by atoms with Gasteiger partial charge in [-0.2, -0.15) is 0 Å². The van der Waals surface area contributed by atoms with Gasteiger partial charge >= 0.3 is 6.03 Å². The zero-order chi connectivity index (χ0) is 31.9. The van der Waals surface area contributed by atoms with Crippen LogP contribution in [-0.2, 0) is 16.6 Å². The molecular weight excluding hydrogens is 630 g/mol. The number of nitrogens with one attached hydrogen (secondary N) is 3. The fourth-order valence-electron chi connectivity index (χ4n) is 5.08. The normalized spacial score (nSPS) is 16.7. The third kappa shape index (κ3) is 10.5. The zero-order valence-corrected chi connectivity index (χ0v) is 26.5. The number of rotatable bonds is 12. The number of primary amides is 1. The molecule has 1 aliphatic heterocycles. The second-order valence-electron chi connectivity index (χ2n) is 10.8. The average Bonchev–Trinajstić information content (AvgIpc) is 2.95. The van der Waals surface area contributed by atoms with E-state index in [1.807, 2.05) is 6.07 Å². The Balaban J connectivity index is 0.00000552. The van der Waals surface area contributed by atoms with E-state index in [9.17, 15) is 26.8 Å². The summed E-state index contributed by atoms with van der Waals surface area (Å²) in [5.41, 5.74) is 5.71. The lowest BCUT2D eigenvalue weighted by Crippen LogP contribution is -2.50. The van der Waals surface area contributed by atoms with Gasteiger partial charge in [-0.3, -0.25) is 14.4 Å². The van der Waals surface area contributed by atoms with E-state index in [2.05, 4.69) is 32.2 Å². The molecule has 3 aromatic rings. The molecule has 1 aromatic heterocycles. The molecule has 15 heteroatoms. The number of hydrogen-bond acceptors (Lipinski definition) is 7. The third-order valence-corrected chi connectivity index (χ3v) is 7.80. The van der Waals surface area contributed by atoms with Crippen molar-refractivity contribution in [2.45, 2.75) is 57.7 Å². The van der Waals surface area contributed by atoms with Crippen LogP contribution in [0.2, 0.25) is 0 Å². The number of aromatic nitrogens is 1. The van der Waals surface area contributed by atoms with Crippen LogP contribution in [-0.4, -0.2) is 55.1 Å². The lowest BCUT2D eigenvalue weighted by molar-refractivity contribution is 0.0996. The summed E-state index contributed by atoms with van der Waals surface area (Å²) in [6.45, 7) is 3.48. The van der Waals surface area contributed by atoms with Gasteiger partial charge in [0.2, 0.25) is 15.9 Å². The Morgan fingerprint density at radius 2 is 1.84 bits per heavy atom. The van der Waals surface area contributed by atoms with Crippen LogP contribution in [0.15, 0.2) is 54.7 Å². The standard InChI is InChI=1S/C30H36F2N6O5S.ClH/c1-3-4-5-22-14-21(35-30(40)36-27-15-24(29(33)39)25(31)16-26(27)32)12-13-38(22)18-19-6-11-28(34-17-19)43-23-9-7-20(8-10-23)37-44(2,41)42;/h6-11,15-17,21-22,37H,3-5,12-14,18H2,1-2H3,(H2,33,39)(H2,35,36,40);1H. The predicted octanol–water partition coefficient (Wildman–Crippen LogP) is 5.39. The number of pyridine rings is 1. The minimum atomic E-state index is -3.37. The van der Waals surface area contributed by atoms with E-state index in [1.165, 1.54) is 0 Å². The smallest absolute Gasteiger partial charge is 0.319 e. The lowest BCUT2D eigenvalue weighted by Gasteiger charge is -2.40. The minimum Gasteiger partial charge on any atom is -0.439 e. The summed E-state index contributed by atoms with van der Waals surface area (Å²) in [7, 11) is -3.37. The molecule has 3 amide bonds. The highest BCUT2D eigenvalue weighted by Gasteiger charge is 2.29. The van der Waals surface area contributed by atoms with Crippen molar-refractivity contribution in [2.24, 2.45) is 5.73 Å². The maximum atomic E-state index is 14.2. The molecule has 5 N–H and O–H groups in total. The number of urea groups is 1. The van der Waals surface area contributed by atoms with Crippen LogP contribution in [0, 0.1) is 11.6 Å². The molecule has 0 aliphatic carbocycles. The highest BCUT2D eigenvalue weighted by molar-refractivity contribution is 7.92. The molecule has 2 atom stereocenters. The zero-order valence-electron chi connectivity index (χ0n) is 24.9. The number of ether oxygens (including phenoxy) is 1. The van der Waals surface area contributed by atoms with E-state index in [0.717, 1.165) is 37.1 Å². The van der Waals surface area contributed by atoms with Crippen molar-refractivity contribution in [3.05, 3.63) is 77.5 Å². The van der Waals surface area contributed by atoms with Crippen molar-refractivity contribution >= 4 is 45.7 Å². The number of hydrogen-bond donors (Lipinski definition) is 4. The number of unbranched alkanes of at least 4 members (excludes halogenated alkanes) is 1. The fraction of sp³-hybridized carbons (Fsp3) is 0.367. The number of nitrogens with zero attached hydrogens (tertiary/aromatic N) is 2. The number of anilines is 2. The largest absolute Gasteiger partial charge is 0.439 e. The molecule has 2 unspecified atom stereocenters. The summed E-state index contributed by atoms with van der Waals surface area (Å²) in [6.07, 6.45) is 7.15. The number of piperidine rings is 1. The maximum Gasteiger partial charge on any atom is 0.319 e. The Morgan fingerprint density at radius 3 is 2.47 bits per heavy atom. The molecule has 4 rings (SSSR count). The Labute approximate surface area is 267 Å². The fourth-order valence-corrected chi connectivity index (χ4v) is 5.65. The number of likely N-dealkylation sites (tertiary alicyclic amines) is 1. The first-order chi connectivity index (χ1) is 20.9. The number of sulfonamides is 1. The number of carbonyl (C=O) groups is 2. The molecule has 1 saturated heterocycles. The van der Waals surface area contributed by atoms with Crippen molar-refractivity contribution in [2.75, 3.05) is 22.8 Å². The number of amides is 3. The minimum absolute atomic E-state index is 0. The van der Waals surface area contributed by atoms with Crippen molar-refractivity contribution in [3.8, 4) is 11.6 Å². The molecule has 1 aliphatic rings. The molecule has 0 radical (unpaired) electrons. The van der Waals surface area contributed by atoms with Crippen LogP contribution in [0.5, 0.6) is 11.6 Å². The summed E-state index contributed by atoms with van der Waals surface area (Å²) in [6, 6.07) is 11.0. The van der Waals surface area contributed by atoms with Gasteiger partial charge < -0.3 is 21.1 Å². The SMILES string of the molecule is CCCCC1CC(NC(=O)Nc2cc(C(N)=O)c(F)cc2F)CCN1Cc1ccc(Oc2ccc(NS(C)(=O)=O)cc2)nc1.Cl. The quantitative estimate of drug-likeness (QED) is 0.202. The highest BCUT2D eigenvalue weighted by Crippen LogP contribution is 2.26. The maximum absolute atomic E-state index is 14.2. The summed E-state index contributed by atoms with van der Waals surface area (Å²) in [5.74, 6) is -2.26. The van der Waals surface area contributed by atoms with E-state index in [4.69, 9.17) is 10.5 Å². The first kappa shape index (κ1) is 35.5. The molecule has 244 valence electrons. The summed E-state index contributed by atoms with van der Waals surface area (Å²) in [4.78, 5) is 30.9. The molecular formula is C30H37ClF2N6O5S. The van der Waals surface area contributed by atoms with Crippen molar-refractivity contribution < 1.29 is 31.5 Å². The molecule has 0 saturated carbocycles. The van der Waals surface area contributed by atoms with Gasteiger partial charge in [0.15, 0.2) is 0 Å². The summed E-state index contributed by atoms with van der Waals surface area (Å²) in [5, 5.41) is 5.24. The third-order valence-electron chi connectivity index (χ3n) is 7.20. The van der Waals surface area contributed by atoms with Crippen LogP contribution in [0.1, 0.15) is 54.9 Å². The number of benzene rings is 2. The van der Waals surface area contributed by atoms with Gasteiger partial charge in [-0.1, -0.05) is 25.8 Å². The van der Waals surface area contributed by atoms with Crippen LogP contribution >= 0.6 is 12.4 Å². The van der Waals surface area contributed by atoms with Gasteiger partial charge in [-0.25, -0.2) is 27.0 Å². The lowest BCUT2D eigenvalue weighted by atomic mass is 9.93. The van der Waals surface area contributed by atoms with E-state index in [-0.39, 0.29) is 30.2 Å². The first-order valence-corrected chi connectivity index (χ1v) is 16.1. The van der Waals surface area contributed by atoms with E-state index in [1.54, 1.807) is 36.5 Å². The van der Waals surface area contributed by atoms with Gasteiger partial charge in [0.1, 0.15) is 17.4 Å². The molecule has 2 aromatic carbocycles. The average molecular weight is 667 g/mol. The summed E-state index contributed by atoms with van der Waals surface area (Å²) < 4.78 is 59.0. The van der Waals surface area contributed by atoms with Gasteiger partial charge in [0.05, 0.1) is 17.5 Å². The van der Waals surface area contributed by atoms with E-state index in [0.29, 0.717) is 49.3 Å². The summed E-state index contributed by atoms with van der Waals surface area (Å²) >= 11 is 0. The van der Waals surface area contributed by atoms with Crippen molar-refractivity contribution in [1.82, 2.24) is 15.2 Å². The number of carbonyl (C=O) groups excluding carboxylic acids is 2. The van der Waals surface area contributed by atoms with Gasteiger partial charge in [0.25, 0.3) is 5.91 Å². The van der Waals surface area contributed by atoms with E-state index < -0.39 is 39.2 Å². The second-order valence-corrected chi connectivity index (χ2v) is 12.5. The molecule has 11 nitrogen and oxygen atoms in total. The molecule has 45 heavy (non-hydrogen) atoms. The Kier molecular flexibility index (Phi) is 12.5.